The van der Waals surface area contributed by atoms with E-state index in [2.05, 4.69) is 11.5 Å². The molecule has 0 aromatic heterocycles. The zero-order valence-electron chi connectivity index (χ0n) is 19.3. The molecule has 0 radical (unpaired) electrons. The summed E-state index contributed by atoms with van der Waals surface area (Å²) in [5, 5.41) is 7.00. The molecule has 5 nitrogen and oxygen atoms in total. The third-order valence-corrected chi connectivity index (χ3v) is 3.94. The maximum atomic E-state index is 11.9. The Morgan fingerprint density at radius 1 is 1.11 bits per heavy atom. The minimum absolute atomic E-state index is 0.255. The molecule has 1 heterocycles. The number of likely N-dealkylation sites (tertiary alicyclic amines) is 1. The number of nitrogens with zero attached hydrogens (tertiary/aromatic N) is 1. The lowest BCUT2D eigenvalue weighted by Crippen LogP contribution is -2.45. The molecule has 1 aliphatic heterocycles. The van der Waals surface area contributed by atoms with Gasteiger partial charge in [0.15, 0.2) is 0 Å². The number of hydrogen-bond acceptors (Lipinski definition) is 5. The topological polar surface area (TPSA) is 66.8 Å². The average Bonchev–Trinajstić information content (AvgIpc) is 2.78. The Balaban J connectivity index is -0.000000292. The van der Waals surface area contributed by atoms with Crippen molar-refractivity contribution in [2.75, 3.05) is 33.9 Å². The van der Waals surface area contributed by atoms with Gasteiger partial charge in [-0.05, 0) is 38.4 Å². The van der Waals surface area contributed by atoms with Gasteiger partial charge in [-0.3, -0.25) is 9.69 Å². The summed E-state index contributed by atoms with van der Waals surface area (Å²) in [4.78, 5) is 25.0. The largest absolute Gasteiger partial charge is 0.469 e. The second-order valence-corrected chi connectivity index (χ2v) is 4.99. The van der Waals surface area contributed by atoms with E-state index in [1.54, 1.807) is 0 Å². The van der Waals surface area contributed by atoms with Crippen molar-refractivity contribution < 1.29 is 19.4 Å². The van der Waals surface area contributed by atoms with Crippen molar-refractivity contribution in [3.05, 3.63) is 24.3 Å². The Bertz CT molecular complexity index is 371. The fourth-order valence-corrected chi connectivity index (χ4v) is 2.54. The van der Waals surface area contributed by atoms with Gasteiger partial charge >= 0.3 is 5.97 Å². The summed E-state index contributed by atoms with van der Waals surface area (Å²) >= 11 is 0. The first-order chi connectivity index (χ1) is 13.1. The van der Waals surface area contributed by atoms with Gasteiger partial charge in [0.25, 0.3) is 0 Å². The Hall–Kier alpha value is -1.46. The summed E-state index contributed by atoms with van der Waals surface area (Å²) in [7, 11) is 2.39. The van der Waals surface area contributed by atoms with E-state index in [4.69, 9.17) is 9.84 Å². The van der Waals surface area contributed by atoms with Crippen molar-refractivity contribution in [2.24, 2.45) is 5.41 Å². The van der Waals surface area contributed by atoms with Gasteiger partial charge in [0.1, 0.15) is 6.29 Å². The van der Waals surface area contributed by atoms with Gasteiger partial charge in [-0.25, -0.2) is 0 Å². The maximum absolute atomic E-state index is 11.9. The second-order valence-electron chi connectivity index (χ2n) is 4.99. The molecule has 1 fully saturated rings. The smallest absolute Gasteiger partial charge is 0.312 e. The van der Waals surface area contributed by atoms with E-state index in [-0.39, 0.29) is 12.4 Å². The maximum Gasteiger partial charge on any atom is 0.312 e. The number of aldehydes is 1. The highest BCUT2D eigenvalue weighted by Gasteiger charge is 2.41. The van der Waals surface area contributed by atoms with Crippen LogP contribution in [-0.4, -0.2) is 56.1 Å². The standard InChI is InChI=1S/C15H23NO3.3C2H6.CH4O/c1-4-13(5-2)12-16-9-6-15(7-10-16,8-11-17)14(18)19-3;4*1-2/h4-5,11H,1,6-10,12H2,2-3H3;3*1-2H3;2H,1H3/b13-5+;;;;. The lowest BCUT2D eigenvalue weighted by atomic mass is 9.76. The second kappa shape index (κ2) is 24.5. The molecule has 27 heavy (non-hydrogen) atoms. The van der Waals surface area contributed by atoms with E-state index in [1.807, 2.05) is 60.6 Å². The molecule has 0 aromatic rings. The average molecular weight is 388 g/mol. The van der Waals surface area contributed by atoms with Crippen LogP contribution in [0.3, 0.4) is 0 Å². The number of aliphatic hydroxyl groups is 1. The molecule has 0 aromatic carbocycles. The van der Waals surface area contributed by atoms with E-state index in [0.29, 0.717) is 12.8 Å². The minimum Gasteiger partial charge on any atom is -0.469 e. The molecular weight excluding hydrogens is 342 g/mol. The van der Waals surface area contributed by atoms with Crippen LogP contribution >= 0.6 is 0 Å². The molecular formula is C22H45NO4. The van der Waals surface area contributed by atoms with Crippen LogP contribution in [0.15, 0.2) is 24.3 Å². The number of rotatable bonds is 6. The van der Waals surface area contributed by atoms with Crippen LogP contribution in [0.4, 0.5) is 0 Å². The number of hydrogen-bond donors (Lipinski definition) is 1. The monoisotopic (exact) mass is 387 g/mol. The quantitative estimate of drug-likeness (QED) is 0.408. The third-order valence-electron chi connectivity index (χ3n) is 3.94. The van der Waals surface area contributed by atoms with Crippen molar-refractivity contribution in [3.63, 3.8) is 0 Å². The number of methoxy groups -OCH3 is 1. The Kier molecular flexibility index (Phi) is 30.1. The summed E-state index contributed by atoms with van der Waals surface area (Å²) < 4.78 is 4.86. The molecule has 1 saturated heterocycles. The van der Waals surface area contributed by atoms with Crippen LogP contribution in [-0.2, 0) is 14.3 Å². The first kappa shape index (κ1) is 33.1. The Labute approximate surface area is 168 Å². The van der Waals surface area contributed by atoms with Gasteiger partial charge in [0, 0.05) is 20.1 Å². The molecule has 1 rings (SSSR count). The number of carbonyl (C=O) groups is 2. The lowest BCUT2D eigenvalue weighted by Gasteiger charge is -2.38. The van der Waals surface area contributed by atoms with Crippen LogP contribution in [0.5, 0.6) is 0 Å². The summed E-state index contributed by atoms with van der Waals surface area (Å²) in [6.07, 6.45) is 6.33. The van der Waals surface area contributed by atoms with Crippen molar-refractivity contribution in [1.82, 2.24) is 4.90 Å². The van der Waals surface area contributed by atoms with Crippen molar-refractivity contribution >= 4 is 12.3 Å². The SMILES string of the molecule is C=C/C(=C\C)CN1CCC(CC=O)(C(=O)OC)CC1.CC.CC.CC.CO. The molecule has 0 aliphatic carbocycles. The van der Waals surface area contributed by atoms with Gasteiger partial charge in [-0.1, -0.05) is 60.3 Å². The summed E-state index contributed by atoms with van der Waals surface area (Å²) in [5.41, 5.74) is 0.568. The van der Waals surface area contributed by atoms with Crippen LogP contribution in [0.1, 0.15) is 67.7 Å². The number of piperidine rings is 1. The molecule has 162 valence electrons. The fourth-order valence-electron chi connectivity index (χ4n) is 2.54. The first-order valence-electron chi connectivity index (χ1n) is 10.1. The van der Waals surface area contributed by atoms with Crippen molar-refractivity contribution in [3.8, 4) is 0 Å². The molecule has 0 atom stereocenters. The number of ether oxygens (including phenoxy) is 1. The summed E-state index contributed by atoms with van der Waals surface area (Å²) in [5.74, 6) is -0.255. The highest BCUT2D eigenvalue weighted by atomic mass is 16.5. The van der Waals surface area contributed by atoms with Crippen LogP contribution in [0, 0.1) is 5.41 Å². The number of allylic oxidation sites excluding steroid dienone is 1. The zero-order chi connectivity index (χ0) is 22.3. The van der Waals surface area contributed by atoms with Gasteiger partial charge in [0.05, 0.1) is 12.5 Å². The van der Waals surface area contributed by atoms with Crippen LogP contribution in [0.2, 0.25) is 0 Å². The number of carbonyl (C=O) groups excluding carboxylic acids is 2. The van der Waals surface area contributed by atoms with E-state index >= 15 is 0 Å². The van der Waals surface area contributed by atoms with E-state index in [0.717, 1.165) is 33.0 Å². The third kappa shape index (κ3) is 13.4. The lowest BCUT2D eigenvalue weighted by molar-refractivity contribution is -0.157. The number of esters is 1. The molecule has 0 unspecified atom stereocenters. The van der Waals surface area contributed by atoms with Gasteiger partial charge in [-0.2, -0.15) is 0 Å². The first-order valence-corrected chi connectivity index (χ1v) is 10.1. The fraction of sp³-hybridized carbons (Fsp3) is 0.727. The van der Waals surface area contributed by atoms with Crippen LogP contribution in [0.25, 0.3) is 0 Å². The summed E-state index contributed by atoms with van der Waals surface area (Å²) in [6.45, 7) is 20.2. The van der Waals surface area contributed by atoms with Gasteiger partial charge < -0.3 is 14.6 Å². The molecule has 1 N–H and O–H groups in total. The van der Waals surface area contributed by atoms with E-state index < -0.39 is 5.41 Å². The molecule has 0 amide bonds. The number of aliphatic hydroxyl groups excluding tert-OH is 1. The van der Waals surface area contributed by atoms with E-state index in [9.17, 15) is 9.59 Å². The Morgan fingerprint density at radius 3 is 1.85 bits per heavy atom. The van der Waals surface area contributed by atoms with E-state index in [1.165, 1.54) is 12.7 Å². The molecule has 0 spiro atoms. The molecule has 1 aliphatic rings. The normalized spacial score (nSPS) is 14.8. The minimum atomic E-state index is -0.614. The molecule has 5 heteroatoms. The highest BCUT2D eigenvalue weighted by Crippen LogP contribution is 2.35. The van der Waals surface area contributed by atoms with Gasteiger partial charge in [0.2, 0.25) is 0 Å². The molecule has 0 bridgehead atoms. The Morgan fingerprint density at radius 2 is 1.56 bits per heavy atom. The van der Waals surface area contributed by atoms with Gasteiger partial charge in [-0.15, -0.1) is 0 Å². The van der Waals surface area contributed by atoms with Crippen molar-refractivity contribution in [2.45, 2.75) is 67.7 Å². The predicted molar refractivity (Wildman–Crippen MR) is 117 cm³/mol. The van der Waals surface area contributed by atoms with Crippen LogP contribution < -0.4 is 0 Å². The predicted octanol–water partition coefficient (Wildman–Crippen LogP) is 4.65. The molecule has 0 saturated carbocycles. The van der Waals surface area contributed by atoms with Crippen molar-refractivity contribution in [1.29, 1.82) is 0 Å². The zero-order valence-corrected chi connectivity index (χ0v) is 19.3. The highest BCUT2D eigenvalue weighted by molar-refractivity contribution is 5.80. The summed E-state index contributed by atoms with van der Waals surface area (Å²) in [6, 6.07) is 0.